The zero-order chi connectivity index (χ0) is 11.7. The van der Waals surface area contributed by atoms with Gasteiger partial charge in [0, 0.05) is 12.1 Å². The molecule has 3 rings (SSSR count). The lowest BCUT2D eigenvalue weighted by molar-refractivity contribution is 0.356. The maximum Gasteiger partial charge on any atom is 0.0941 e. The summed E-state index contributed by atoms with van der Waals surface area (Å²) in [6.07, 6.45) is 8.17. The summed E-state index contributed by atoms with van der Waals surface area (Å²) in [5, 5.41) is 1.29. The summed E-state index contributed by atoms with van der Waals surface area (Å²) < 4.78 is 1.23. The highest BCUT2D eigenvalue weighted by atomic mass is 32.1. The van der Waals surface area contributed by atoms with E-state index < -0.39 is 0 Å². The van der Waals surface area contributed by atoms with Crippen LogP contribution in [-0.2, 0) is 6.42 Å². The average Bonchev–Trinajstić information content (AvgIpc) is 2.71. The Balaban J connectivity index is 1.80. The summed E-state index contributed by atoms with van der Waals surface area (Å²) >= 11 is 1.81. The van der Waals surface area contributed by atoms with Crippen LogP contribution in [0.4, 0.5) is 5.69 Å². The van der Waals surface area contributed by atoms with Crippen LogP contribution in [0.15, 0.2) is 18.2 Å². The summed E-state index contributed by atoms with van der Waals surface area (Å²) in [6, 6.07) is 6.01. The zero-order valence-electron chi connectivity index (χ0n) is 9.98. The Morgan fingerprint density at radius 1 is 1.24 bits per heavy atom. The molecule has 3 heteroatoms. The third-order valence-corrected chi connectivity index (χ3v) is 4.69. The average molecular weight is 246 g/mol. The molecule has 2 aromatic rings. The van der Waals surface area contributed by atoms with E-state index in [1.165, 1.54) is 48.2 Å². The number of thiazole rings is 1. The van der Waals surface area contributed by atoms with Crippen LogP contribution >= 0.6 is 11.3 Å². The molecule has 1 aromatic heterocycles. The smallest absolute Gasteiger partial charge is 0.0941 e. The second kappa shape index (κ2) is 4.65. The van der Waals surface area contributed by atoms with Crippen LogP contribution in [0.1, 0.15) is 37.1 Å². The highest BCUT2D eigenvalue weighted by molar-refractivity contribution is 7.18. The first-order valence-electron chi connectivity index (χ1n) is 6.46. The van der Waals surface area contributed by atoms with Crippen molar-refractivity contribution in [1.29, 1.82) is 0 Å². The molecule has 17 heavy (non-hydrogen) atoms. The van der Waals surface area contributed by atoms with Crippen molar-refractivity contribution in [2.45, 2.75) is 38.5 Å². The molecule has 0 unspecified atom stereocenters. The lowest BCUT2D eigenvalue weighted by Gasteiger charge is -2.20. The molecule has 1 fully saturated rings. The molecule has 1 saturated carbocycles. The maximum atomic E-state index is 5.80. The number of nitrogen functional groups attached to an aromatic ring is 1. The Morgan fingerprint density at radius 3 is 2.88 bits per heavy atom. The lowest BCUT2D eigenvalue weighted by Crippen LogP contribution is -2.08. The number of rotatable bonds is 2. The van der Waals surface area contributed by atoms with E-state index in [4.69, 9.17) is 10.7 Å². The van der Waals surface area contributed by atoms with Gasteiger partial charge in [0.05, 0.1) is 15.2 Å². The molecule has 90 valence electrons. The van der Waals surface area contributed by atoms with E-state index in [2.05, 4.69) is 0 Å². The van der Waals surface area contributed by atoms with Gasteiger partial charge >= 0.3 is 0 Å². The van der Waals surface area contributed by atoms with Crippen molar-refractivity contribution < 1.29 is 0 Å². The van der Waals surface area contributed by atoms with Crippen LogP contribution in [0.25, 0.3) is 10.2 Å². The van der Waals surface area contributed by atoms with Crippen molar-refractivity contribution in [1.82, 2.24) is 4.98 Å². The van der Waals surface area contributed by atoms with Crippen LogP contribution in [0.2, 0.25) is 0 Å². The Hall–Kier alpha value is -1.09. The van der Waals surface area contributed by atoms with E-state index in [0.29, 0.717) is 0 Å². The second-order valence-electron chi connectivity index (χ2n) is 5.04. The molecule has 1 aromatic carbocycles. The standard InChI is InChI=1S/C14H18N2S/c15-11-6-7-12-13(9-11)17-14(16-12)8-10-4-2-1-3-5-10/h6-7,9-10H,1-5,8,15H2. The van der Waals surface area contributed by atoms with Gasteiger partial charge in [0.15, 0.2) is 0 Å². The lowest BCUT2D eigenvalue weighted by atomic mass is 9.87. The van der Waals surface area contributed by atoms with Gasteiger partial charge in [-0.05, 0) is 24.1 Å². The van der Waals surface area contributed by atoms with Gasteiger partial charge in [-0.15, -0.1) is 11.3 Å². The quantitative estimate of drug-likeness (QED) is 0.813. The van der Waals surface area contributed by atoms with Gasteiger partial charge in [0.25, 0.3) is 0 Å². The van der Waals surface area contributed by atoms with Crippen molar-refractivity contribution in [3.05, 3.63) is 23.2 Å². The summed E-state index contributed by atoms with van der Waals surface area (Å²) in [5.41, 5.74) is 7.74. The molecule has 0 radical (unpaired) electrons. The molecule has 0 atom stereocenters. The molecule has 1 aliphatic carbocycles. The number of hydrogen-bond donors (Lipinski definition) is 1. The van der Waals surface area contributed by atoms with Crippen molar-refractivity contribution in [2.75, 3.05) is 5.73 Å². The van der Waals surface area contributed by atoms with Gasteiger partial charge in [-0.3, -0.25) is 0 Å². The molecule has 0 bridgehead atoms. The van der Waals surface area contributed by atoms with E-state index in [0.717, 1.165) is 17.1 Å². The molecule has 2 N–H and O–H groups in total. The van der Waals surface area contributed by atoms with E-state index in [9.17, 15) is 0 Å². The molecule has 0 aliphatic heterocycles. The summed E-state index contributed by atoms with van der Waals surface area (Å²) in [5.74, 6) is 0.863. The third kappa shape index (κ3) is 2.44. The molecule has 1 heterocycles. The van der Waals surface area contributed by atoms with E-state index >= 15 is 0 Å². The molecule has 2 nitrogen and oxygen atoms in total. The van der Waals surface area contributed by atoms with E-state index in [1.54, 1.807) is 0 Å². The maximum absolute atomic E-state index is 5.80. The number of hydrogen-bond acceptors (Lipinski definition) is 3. The fraction of sp³-hybridized carbons (Fsp3) is 0.500. The van der Waals surface area contributed by atoms with Gasteiger partial charge in [-0.1, -0.05) is 32.1 Å². The first-order valence-corrected chi connectivity index (χ1v) is 7.28. The van der Waals surface area contributed by atoms with E-state index in [1.807, 2.05) is 29.5 Å². The van der Waals surface area contributed by atoms with Crippen LogP contribution < -0.4 is 5.73 Å². The number of benzene rings is 1. The highest BCUT2D eigenvalue weighted by Crippen LogP contribution is 2.30. The molecule has 1 aliphatic rings. The Labute approximate surface area is 106 Å². The second-order valence-corrected chi connectivity index (χ2v) is 6.16. The minimum atomic E-state index is 0.838. The van der Waals surface area contributed by atoms with Crippen LogP contribution in [0, 0.1) is 5.92 Å². The van der Waals surface area contributed by atoms with Gasteiger partial charge < -0.3 is 5.73 Å². The Bertz CT molecular complexity index is 512. The Morgan fingerprint density at radius 2 is 2.06 bits per heavy atom. The fourth-order valence-corrected chi connectivity index (χ4v) is 3.84. The summed E-state index contributed by atoms with van der Waals surface area (Å²) in [4.78, 5) is 4.71. The van der Waals surface area contributed by atoms with Crippen molar-refractivity contribution in [3.63, 3.8) is 0 Å². The first kappa shape index (κ1) is 11.0. The Kier molecular flexibility index (Phi) is 3.02. The number of nitrogens with two attached hydrogens (primary N) is 1. The van der Waals surface area contributed by atoms with Crippen LogP contribution in [0.3, 0.4) is 0 Å². The number of anilines is 1. The molecular formula is C14H18N2S. The number of nitrogens with zero attached hydrogens (tertiary/aromatic N) is 1. The fourth-order valence-electron chi connectivity index (χ4n) is 2.71. The monoisotopic (exact) mass is 246 g/mol. The topological polar surface area (TPSA) is 38.9 Å². The summed E-state index contributed by atoms with van der Waals surface area (Å²) in [6.45, 7) is 0. The van der Waals surface area contributed by atoms with Crippen LogP contribution in [0.5, 0.6) is 0 Å². The minimum Gasteiger partial charge on any atom is -0.399 e. The zero-order valence-corrected chi connectivity index (χ0v) is 10.8. The highest BCUT2D eigenvalue weighted by Gasteiger charge is 2.16. The van der Waals surface area contributed by atoms with Crippen molar-refractivity contribution >= 4 is 27.2 Å². The molecule has 0 spiro atoms. The predicted molar refractivity (Wildman–Crippen MR) is 74.3 cm³/mol. The normalized spacial score (nSPS) is 17.6. The van der Waals surface area contributed by atoms with Gasteiger partial charge in [-0.2, -0.15) is 0 Å². The largest absolute Gasteiger partial charge is 0.399 e. The molecule has 0 saturated heterocycles. The summed E-state index contributed by atoms with van der Waals surface area (Å²) in [7, 11) is 0. The van der Waals surface area contributed by atoms with Crippen molar-refractivity contribution in [2.24, 2.45) is 5.92 Å². The molecular weight excluding hydrogens is 228 g/mol. The first-order chi connectivity index (χ1) is 8.31. The number of fused-ring (bicyclic) bond motifs is 1. The van der Waals surface area contributed by atoms with Gasteiger partial charge in [0.1, 0.15) is 0 Å². The van der Waals surface area contributed by atoms with E-state index in [-0.39, 0.29) is 0 Å². The van der Waals surface area contributed by atoms with Gasteiger partial charge in [0.2, 0.25) is 0 Å². The van der Waals surface area contributed by atoms with Crippen LogP contribution in [-0.4, -0.2) is 4.98 Å². The predicted octanol–water partition coefficient (Wildman–Crippen LogP) is 4.00. The minimum absolute atomic E-state index is 0.838. The third-order valence-electron chi connectivity index (χ3n) is 3.64. The van der Waals surface area contributed by atoms with Crippen molar-refractivity contribution in [3.8, 4) is 0 Å². The number of aromatic nitrogens is 1. The molecule has 0 amide bonds. The SMILES string of the molecule is Nc1ccc2nc(CC3CCCCC3)sc2c1. The van der Waals surface area contributed by atoms with Gasteiger partial charge in [-0.25, -0.2) is 4.98 Å².